The van der Waals surface area contributed by atoms with Crippen molar-refractivity contribution >= 4 is 5.91 Å². The van der Waals surface area contributed by atoms with Crippen molar-refractivity contribution in [3.63, 3.8) is 0 Å². The van der Waals surface area contributed by atoms with Crippen molar-refractivity contribution < 1.29 is 4.79 Å². The fraction of sp³-hybridized carbons (Fsp3) is 0.909. The molecule has 14 heavy (non-hydrogen) atoms. The standard InChI is InChI=1S/C11H24N2O/c1-5-6-10(7-12)11(14)13-9(4)8(2)3/h8-10H,5-7,12H2,1-4H3,(H,13,14). The van der Waals surface area contributed by atoms with Crippen molar-refractivity contribution in [1.82, 2.24) is 5.32 Å². The first-order chi connectivity index (χ1) is 6.52. The van der Waals surface area contributed by atoms with Crippen LogP contribution in [-0.4, -0.2) is 18.5 Å². The van der Waals surface area contributed by atoms with E-state index < -0.39 is 0 Å². The zero-order valence-electron chi connectivity index (χ0n) is 9.84. The summed E-state index contributed by atoms with van der Waals surface area (Å²) < 4.78 is 0. The van der Waals surface area contributed by atoms with Crippen LogP contribution in [-0.2, 0) is 4.79 Å². The van der Waals surface area contributed by atoms with Crippen molar-refractivity contribution in [2.24, 2.45) is 17.6 Å². The number of hydrogen-bond acceptors (Lipinski definition) is 2. The molecular weight excluding hydrogens is 176 g/mol. The lowest BCUT2D eigenvalue weighted by molar-refractivity contribution is -0.125. The zero-order valence-corrected chi connectivity index (χ0v) is 9.84. The molecule has 84 valence electrons. The summed E-state index contributed by atoms with van der Waals surface area (Å²) in [6.07, 6.45) is 1.89. The van der Waals surface area contributed by atoms with Crippen LogP contribution >= 0.6 is 0 Å². The first-order valence-corrected chi connectivity index (χ1v) is 5.53. The van der Waals surface area contributed by atoms with Crippen LogP contribution in [0.3, 0.4) is 0 Å². The first-order valence-electron chi connectivity index (χ1n) is 5.53. The predicted molar refractivity (Wildman–Crippen MR) is 59.9 cm³/mol. The normalized spacial score (nSPS) is 15.3. The van der Waals surface area contributed by atoms with E-state index in [-0.39, 0.29) is 17.9 Å². The van der Waals surface area contributed by atoms with Gasteiger partial charge in [-0.15, -0.1) is 0 Å². The molecule has 3 N–H and O–H groups in total. The molecule has 0 saturated carbocycles. The smallest absolute Gasteiger partial charge is 0.224 e. The van der Waals surface area contributed by atoms with Gasteiger partial charge in [-0.2, -0.15) is 0 Å². The third kappa shape index (κ3) is 4.61. The molecule has 0 fully saturated rings. The first kappa shape index (κ1) is 13.4. The molecule has 0 aromatic rings. The summed E-state index contributed by atoms with van der Waals surface area (Å²) in [5.74, 6) is 0.566. The Hall–Kier alpha value is -0.570. The van der Waals surface area contributed by atoms with Crippen LogP contribution in [0.2, 0.25) is 0 Å². The molecule has 0 bridgehead atoms. The number of hydrogen-bond donors (Lipinski definition) is 2. The highest BCUT2D eigenvalue weighted by molar-refractivity contribution is 5.79. The molecule has 0 saturated heterocycles. The van der Waals surface area contributed by atoms with Gasteiger partial charge < -0.3 is 11.1 Å². The van der Waals surface area contributed by atoms with E-state index in [1.165, 1.54) is 0 Å². The van der Waals surface area contributed by atoms with Crippen molar-refractivity contribution in [3.8, 4) is 0 Å². The Morgan fingerprint density at radius 2 is 1.93 bits per heavy atom. The molecular formula is C11H24N2O. The molecule has 2 atom stereocenters. The van der Waals surface area contributed by atoms with E-state index in [0.717, 1.165) is 12.8 Å². The minimum atomic E-state index is -0.0128. The lowest BCUT2D eigenvalue weighted by atomic mass is 10.0. The number of rotatable bonds is 6. The van der Waals surface area contributed by atoms with E-state index in [9.17, 15) is 4.79 Å². The molecule has 0 aliphatic carbocycles. The molecule has 0 rings (SSSR count). The van der Waals surface area contributed by atoms with E-state index in [4.69, 9.17) is 5.73 Å². The Bertz CT molecular complexity index is 169. The van der Waals surface area contributed by atoms with Crippen molar-refractivity contribution in [3.05, 3.63) is 0 Å². The second kappa shape index (κ2) is 6.82. The van der Waals surface area contributed by atoms with Gasteiger partial charge in [0.25, 0.3) is 0 Å². The number of nitrogens with two attached hydrogens (primary N) is 1. The average Bonchev–Trinajstić information content (AvgIpc) is 2.13. The highest BCUT2D eigenvalue weighted by atomic mass is 16.1. The van der Waals surface area contributed by atoms with Gasteiger partial charge in [0.05, 0.1) is 5.92 Å². The number of carbonyl (C=O) groups excluding carboxylic acids is 1. The van der Waals surface area contributed by atoms with Gasteiger partial charge in [-0.25, -0.2) is 0 Å². The minimum Gasteiger partial charge on any atom is -0.353 e. The lowest BCUT2D eigenvalue weighted by Gasteiger charge is -2.21. The highest BCUT2D eigenvalue weighted by Gasteiger charge is 2.18. The van der Waals surface area contributed by atoms with Gasteiger partial charge in [0.2, 0.25) is 5.91 Å². The van der Waals surface area contributed by atoms with E-state index in [0.29, 0.717) is 12.5 Å². The van der Waals surface area contributed by atoms with E-state index in [1.54, 1.807) is 0 Å². The summed E-state index contributed by atoms with van der Waals surface area (Å²) in [6.45, 7) is 8.75. The SMILES string of the molecule is CCCC(CN)C(=O)NC(C)C(C)C. The monoisotopic (exact) mass is 200 g/mol. The molecule has 0 heterocycles. The topological polar surface area (TPSA) is 55.1 Å². The van der Waals surface area contributed by atoms with Crippen LogP contribution in [0.25, 0.3) is 0 Å². The molecule has 0 spiro atoms. The van der Waals surface area contributed by atoms with E-state index in [1.807, 2.05) is 6.92 Å². The van der Waals surface area contributed by atoms with Gasteiger partial charge in [0.15, 0.2) is 0 Å². The van der Waals surface area contributed by atoms with Crippen LogP contribution < -0.4 is 11.1 Å². The van der Waals surface area contributed by atoms with Crippen molar-refractivity contribution in [2.75, 3.05) is 6.54 Å². The minimum absolute atomic E-state index is 0.0128. The molecule has 3 heteroatoms. The summed E-state index contributed by atoms with van der Waals surface area (Å²) >= 11 is 0. The Morgan fingerprint density at radius 3 is 2.29 bits per heavy atom. The summed E-state index contributed by atoms with van der Waals surface area (Å²) in [4.78, 5) is 11.7. The van der Waals surface area contributed by atoms with Crippen LogP contribution in [0.5, 0.6) is 0 Å². The van der Waals surface area contributed by atoms with Gasteiger partial charge in [0, 0.05) is 12.6 Å². The fourth-order valence-corrected chi connectivity index (χ4v) is 1.21. The van der Waals surface area contributed by atoms with Gasteiger partial charge in [-0.05, 0) is 19.3 Å². The van der Waals surface area contributed by atoms with E-state index in [2.05, 4.69) is 26.1 Å². The second-order valence-corrected chi connectivity index (χ2v) is 4.26. The average molecular weight is 200 g/mol. The molecule has 0 aliphatic heterocycles. The van der Waals surface area contributed by atoms with Gasteiger partial charge in [-0.3, -0.25) is 4.79 Å². The Labute approximate surface area is 87.4 Å². The molecule has 2 unspecified atom stereocenters. The highest BCUT2D eigenvalue weighted by Crippen LogP contribution is 2.07. The summed E-state index contributed by atoms with van der Waals surface area (Å²) in [6, 6.07) is 0.230. The Kier molecular flexibility index (Phi) is 6.54. The van der Waals surface area contributed by atoms with Crippen LogP contribution in [0.15, 0.2) is 0 Å². The molecule has 0 aromatic carbocycles. The molecule has 0 radical (unpaired) electrons. The largest absolute Gasteiger partial charge is 0.353 e. The predicted octanol–water partition coefficient (Wildman–Crippen LogP) is 1.52. The third-order valence-electron chi connectivity index (χ3n) is 2.66. The van der Waals surface area contributed by atoms with Gasteiger partial charge >= 0.3 is 0 Å². The number of amides is 1. The number of carbonyl (C=O) groups is 1. The Morgan fingerprint density at radius 1 is 1.36 bits per heavy atom. The molecule has 0 aromatic heterocycles. The van der Waals surface area contributed by atoms with Crippen LogP contribution in [0, 0.1) is 11.8 Å². The summed E-state index contributed by atoms with van der Waals surface area (Å²) in [7, 11) is 0. The quantitative estimate of drug-likeness (QED) is 0.683. The van der Waals surface area contributed by atoms with Crippen molar-refractivity contribution in [2.45, 2.75) is 46.6 Å². The molecule has 1 amide bonds. The van der Waals surface area contributed by atoms with Crippen LogP contribution in [0.4, 0.5) is 0 Å². The summed E-state index contributed by atoms with van der Waals surface area (Å²) in [5, 5.41) is 3.00. The molecule has 3 nitrogen and oxygen atoms in total. The number of nitrogens with one attached hydrogen (secondary N) is 1. The maximum Gasteiger partial charge on any atom is 0.224 e. The van der Waals surface area contributed by atoms with Crippen molar-refractivity contribution in [1.29, 1.82) is 0 Å². The third-order valence-corrected chi connectivity index (χ3v) is 2.66. The van der Waals surface area contributed by atoms with Gasteiger partial charge in [0.1, 0.15) is 0 Å². The maximum atomic E-state index is 11.7. The van der Waals surface area contributed by atoms with Gasteiger partial charge in [-0.1, -0.05) is 27.2 Å². The maximum absolute atomic E-state index is 11.7. The Balaban J connectivity index is 4.03. The van der Waals surface area contributed by atoms with E-state index >= 15 is 0 Å². The zero-order chi connectivity index (χ0) is 11.1. The molecule has 0 aliphatic rings. The fourth-order valence-electron chi connectivity index (χ4n) is 1.21. The lowest BCUT2D eigenvalue weighted by Crippen LogP contribution is -2.42. The van der Waals surface area contributed by atoms with Crippen LogP contribution in [0.1, 0.15) is 40.5 Å². The second-order valence-electron chi connectivity index (χ2n) is 4.26. The summed E-state index contributed by atoms with van der Waals surface area (Å²) in [5.41, 5.74) is 5.55.